The number of carbonyl (C=O) groups excluding carboxylic acids is 1. The number of sulfone groups is 1. The lowest BCUT2D eigenvalue weighted by Crippen LogP contribution is -2.65. The molecule has 0 radical (unpaired) electrons. The Bertz CT molecular complexity index is 1090. The zero-order valence-electron chi connectivity index (χ0n) is 17.4. The zero-order chi connectivity index (χ0) is 21.8. The Morgan fingerprint density at radius 3 is 2.71 bits per heavy atom. The Morgan fingerprint density at radius 1 is 1.26 bits per heavy atom. The van der Waals surface area contributed by atoms with Gasteiger partial charge in [-0.15, -0.1) is 0 Å². The number of amides is 2. The van der Waals surface area contributed by atoms with Gasteiger partial charge in [-0.05, 0) is 55.4 Å². The van der Waals surface area contributed by atoms with Crippen LogP contribution in [0.4, 0.5) is 9.18 Å². The van der Waals surface area contributed by atoms with Crippen LogP contribution in [0, 0.1) is 17.2 Å². The third kappa shape index (κ3) is 3.93. The van der Waals surface area contributed by atoms with E-state index in [0.29, 0.717) is 18.9 Å². The number of aromatic amines is 1. The van der Waals surface area contributed by atoms with Crippen molar-refractivity contribution in [2.75, 3.05) is 32.4 Å². The number of H-pyrrole nitrogens is 1. The highest BCUT2D eigenvalue weighted by atomic mass is 32.2. The van der Waals surface area contributed by atoms with Crippen LogP contribution in [-0.4, -0.2) is 71.9 Å². The molecular weight excluding hydrogens is 421 g/mol. The fourth-order valence-electron chi connectivity index (χ4n) is 5.52. The topological polar surface area (TPSA) is 99.3 Å². The van der Waals surface area contributed by atoms with E-state index in [1.807, 2.05) is 9.80 Å². The molecule has 5 rings (SSSR count). The molecule has 8 nitrogen and oxygen atoms in total. The molecule has 0 bridgehead atoms. The summed E-state index contributed by atoms with van der Waals surface area (Å²) in [6.45, 7) is 2.94. The zero-order valence-corrected chi connectivity index (χ0v) is 18.2. The molecule has 2 aromatic rings. The summed E-state index contributed by atoms with van der Waals surface area (Å²) in [5, 5.41) is 6.79. The van der Waals surface area contributed by atoms with Crippen LogP contribution in [0.1, 0.15) is 36.6 Å². The Hall–Kier alpha value is -2.49. The number of nitrogens with zero attached hydrogens (tertiary/aromatic N) is 4. The van der Waals surface area contributed by atoms with E-state index in [1.165, 1.54) is 12.4 Å². The summed E-state index contributed by atoms with van der Waals surface area (Å²) in [5.41, 5.74) is 0.903. The second kappa shape index (κ2) is 7.29. The molecular formula is C21H26FN5O3S. The molecule has 1 aliphatic carbocycles. The first kappa shape index (κ1) is 20.4. The van der Waals surface area contributed by atoms with Crippen molar-refractivity contribution in [3.05, 3.63) is 41.7 Å². The van der Waals surface area contributed by atoms with Gasteiger partial charge in [-0.25, -0.2) is 22.6 Å². The highest BCUT2D eigenvalue weighted by molar-refractivity contribution is 7.90. The maximum atomic E-state index is 13.8. The Morgan fingerprint density at radius 2 is 2.03 bits per heavy atom. The molecule has 2 amide bonds. The first-order chi connectivity index (χ1) is 14.7. The fraction of sp³-hybridized carbons (Fsp3) is 0.571. The molecule has 1 aromatic carbocycles. The smallest absolute Gasteiger partial charge is 0.320 e. The maximum absolute atomic E-state index is 13.8. The van der Waals surface area contributed by atoms with Gasteiger partial charge in [-0.1, -0.05) is 0 Å². The van der Waals surface area contributed by atoms with E-state index in [4.69, 9.17) is 0 Å². The number of hydrogen-bond acceptors (Lipinski definition) is 5. The lowest BCUT2D eigenvalue weighted by molar-refractivity contribution is -0.0754. The number of urea groups is 1. The normalized spacial score (nSPS) is 23.1. The lowest BCUT2D eigenvalue weighted by Gasteiger charge is -2.59. The molecule has 166 valence electrons. The van der Waals surface area contributed by atoms with E-state index in [1.54, 1.807) is 6.07 Å². The van der Waals surface area contributed by atoms with Gasteiger partial charge in [0.05, 0.1) is 4.90 Å². The number of likely N-dealkylation sites (tertiary alicyclic amines) is 2. The van der Waals surface area contributed by atoms with Gasteiger partial charge >= 0.3 is 6.03 Å². The minimum atomic E-state index is -3.43. The number of hydrogen-bond donors (Lipinski definition) is 1. The molecule has 2 aliphatic heterocycles. The third-order valence-electron chi connectivity index (χ3n) is 6.93. The van der Waals surface area contributed by atoms with E-state index < -0.39 is 15.7 Å². The van der Waals surface area contributed by atoms with E-state index >= 15 is 0 Å². The second-order valence-corrected chi connectivity index (χ2v) is 11.5. The summed E-state index contributed by atoms with van der Waals surface area (Å²) in [6.07, 6.45) is 6.13. The summed E-state index contributed by atoms with van der Waals surface area (Å²) in [4.78, 5) is 20.9. The number of rotatable bonds is 4. The summed E-state index contributed by atoms with van der Waals surface area (Å²) in [7, 11) is -3.43. The highest BCUT2D eigenvalue weighted by Gasteiger charge is 2.54. The van der Waals surface area contributed by atoms with Crippen LogP contribution >= 0.6 is 0 Å². The number of carbonyl (C=O) groups is 1. The van der Waals surface area contributed by atoms with Crippen LogP contribution in [0.15, 0.2) is 29.4 Å². The average molecular weight is 448 g/mol. The molecule has 1 saturated carbocycles. The van der Waals surface area contributed by atoms with Crippen molar-refractivity contribution >= 4 is 15.9 Å². The highest BCUT2D eigenvalue weighted by Crippen LogP contribution is 2.53. The quantitative estimate of drug-likeness (QED) is 0.775. The summed E-state index contributed by atoms with van der Waals surface area (Å²) in [5.74, 6) is 0.946. The minimum absolute atomic E-state index is 0.0335. The molecule has 1 atom stereocenters. The van der Waals surface area contributed by atoms with Crippen LogP contribution in [0.2, 0.25) is 0 Å². The van der Waals surface area contributed by atoms with Gasteiger partial charge in [0, 0.05) is 43.8 Å². The average Bonchev–Trinajstić information content (AvgIpc) is 3.31. The largest absolute Gasteiger partial charge is 0.324 e. The molecule has 10 heteroatoms. The van der Waals surface area contributed by atoms with Gasteiger partial charge < -0.3 is 9.80 Å². The summed E-state index contributed by atoms with van der Waals surface area (Å²) in [6, 6.07) is 4.17. The predicted molar refractivity (Wildman–Crippen MR) is 111 cm³/mol. The number of benzene rings is 1. The van der Waals surface area contributed by atoms with Crippen LogP contribution in [0.5, 0.6) is 0 Å². The van der Waals surface area contributed by atoms with Gasteiger partial charge in [-0.2, -0.15) is 5.10 Å². The minimum Gasteiger partial charge on any atom is -0.324 e. The number of nitrogens with one attached hydrogen (secondary N) is 1. The van der Waals surface area contributed by atoms with E-state index in [0.717, 1.165) is 62.6 Å². The van der Waals surface area contributed by atoms with Crippen LogP contribution in [0.3, 0.4) is 0 Å². The first-order valence-corrected chi connectivity index (χ1v) is 12.5. The molecule has 3 heterocycles. The van der Waals surface area contributed by atoms with E-state index in [2.05, 4.69) is 15.2 Å². The fourth-order valence-corrected chi connectivity index (χ4v) is 6.21. The van der Waals surface area contributed by atoms with Crippen molar-refractivity contribution in [3.8, 4) is 0 Å². The van der Waals surface area contributed by atoms with Crippen molar-refractivity contribution in [1.29, 1.82) is 0 Å². The Kier molecular flexibility index (Phi) is 4.80. The van der Waals surface area contributed by atoms with Crippen molar-refractivity contribution in [1.82, 2.24) is 25.0 Å². The number of halogens is 1. The van der Waals surface area contributed by atoms with E-state index in [9.17, 15) is 17.6 Å². The number of aromatic nitrogens is 3. The van der Waals surface area contributed by atoms with Crippen molar-refractivity contribution in [2.45, 2.75) is 36.5 Å². The first-order valence-electron chi connectivity index (χ1n) is 10.6. The van der Waals surface area contributed by atoms with Gasteiger partial charge in [0.2, 0.25) is 0 Å². The predicted octanol–water partition coefficient (Wildman–Crippen LogP) is 2.21. The van der Waals surface area contributed by atoms with Gasteiger partial charge in [0.25, 0.3) is 0 Å². The van der Waals surface area contributed by atoms with Crippen molar-refractivity contribution in [3.63, 3.8) is 0 Å². The Labute approximate surface area is 180 Å². The molecule has 0 unspecified atom stereocenters. The molecule has 3 aliphatic rings. The second-order valence-electron chi connectivity index (χ2n) is 9.49. The van der Waals surface area contributed by atoms with E-state index in [-0.39, 0.29) is 22.3 Å². The van der Waals surface area contributed by atoms with Gasteiger partial charge in [0.15, 0.2) is 9.84 Å². The molecule has 31 heavy (non-hydrogen) atoms. The lowest BCUT2D eigenvalue weighted by atomic mass is 9.56. The molecule has 2 saturated heterocycles. The van der Waals surface area contributed by atoms with Crippen LogP contribution < -0.4 is 0 Å². The summed E-state index contributed by atoms with van der Waals surface area (Å²) >= 11 is 0. The molecule has 3 fully saturated rings. The molecule has 1 aromatic heterocycles. The molecule has 1 N–H and O–H groups in total. The van der Waals surface area contributed by atoms with Crippen molar-refractivity contribution in [2.24, 2.45) is 11.3 Å². The summed E-state index contributed by atoms with van der Waals surface area (Å²) < 4.78 is 37.3. The standard InChI is InChI=1S/C21H26FN5O3S/c1-31(29,30)18-6-14(5-17(22)7-18)4-15-8-21(9-15)11-27(12-21)20(28)26-3-2-16(10-26)19-23-13-24-25-19/h5-7,13,15-16H,2-4,8-12H2,1H3,(H,23,24,25)/t16-/m0/s1. The van der Waals surface area contributed by atoms with Crippen molar-refractivity contribution < 1.29 is 17.6 Å². The van der Waals surface area contributed by atoms with Crippen LogP contribution in [-0.2, 0) is 16.3 Å². The SMILES string of the molecule is CS(=O)(=O)c1cc(F)cc(CC2CC3(C2)CN(C(=O)N2CC[C@H](c4ncn[nH]4)C2)C3)c1. The Balaban J connectivity index is 1.12. The molecule has 1 spiro atoms. The maximum Gasteiger partial charge on any atom is 0.320 e. The third-order valence-corrected chi connectivity index (χ3v) is 8.02. The van der Waals surface area contributed by atoms with Gasteiger partial charge in [0.1, 0.15) is 18.0 Å². The van der Waals surface area contributed by atoms with Gasteiger partial charge in [-0.3, -0.25) is 5.10 Å². The van der Waals surface area contributed by atoms with Crippen LogP contribution in [0.25, 0.3) is 0 Å². The monoisotopic (exact) mass is 447 g/mol.